The first-order chi connectivity index (χ1) is 7.26. The number of likely N-dealkylation sites (tertiary alicyclic amines) is 1. The second kappa shape index (κ2) is 5.01. The zero-order chi connectivity index (χ0) is 12.3. The van der Waals surface area contributed by atoms with Crippen molar-refractivity contribution in [3.8, 4) is 0 Å². The van der Waals surface area contributed by atoms with E-state index in [2.05, 4.69) is 0 Å². The minimum Gasteiger partial charge on any atom is -0.369 e. The molecule has 1 amide bonds. The first-order valence-corrected chi connectivity index (χ1v) is 5.09. The largest absolute Gasteiger partial charge is 0.389 e. The molecular weight excluding hydrogens is 223 g/mol. The third-order valence-corrected chi connectivity index (χ3v) is 2.54. The van der Waals surface area contributed by atoms with Gasteiger partial charge in [0, 0.05) is 25.6 Å². The molecule has 0 spiro atoms. The molecule has 2 unspecified atom stereocenters. The summed E-state index contributed by atoms with van der Waals surface area (Å²) in [7, 11) is 0. The number of nitrogens with zero attached hydrogens (tertiary/aromatic N) is 1. The lowest BCUT2D eigenvalue weighted by molar-refractivity contribution is -0.148. The summed E-state index contributed by atoms with van der Waals surface area (Å²) in [6.07, 6.45) is -4.69. The van der Waals surface area contributed by atoms with Gasteiger partial charge in [-0.2, -0.15) is 13.2 Å². The molecule has 1 saturated heterocycles. The van der Waals surface area contributed by atoms with Crippen molar-refractivity contribution in [2.75, 3.05) is 19.6 Å². The fourth-order valence-corrected chi connectivity index (χ4v) is 2.17. The summed E-state index contributed by atoms with van der Waals surface area (Å²) in [6, 6.07) is -0.319. The van der Waals surface area contributed by atoms with Crippen molar-refractivity contribution >= 4 is 5.91 Å². The van der Waals surface area contributed by atoms with E-state index >= 15 is 0 Å². The molecule has 0 bridgehead atoms. The maximum absolute atomic E-state index is 12.2. The van der Waals surface area contributed by atoms with Crippen LogP contribution in [0.5, 0.6) is 0 Å². The Bertz CT molecular complexity index is 257. The molecule has 16 heavy (non-hydrogen) atoms. The van der Waals surface area contributed by atoms with Crippen LogP contribution in [0.1, 0.15) is 12.8 Å². The number of halogens is 3. The Morgan fingerprint density at radius 1 is 1.38 bits per heavy atom. The van der Waals surface area contributed by atoms with Crippen LogP contribution >= 0.6 is 0 Å². The number of hydrogen-bond donors (Lipinski definition) is 2. The van der Waals surface area contributed by atoms with E-state index in [1.165, 1.54) is 0 Å². The van der Waals surface area contributed by atoms with Crippen LogP contribution in [0.25, 0.3) is 0 Å². The Morgan fingerprint density at radius 2 is 2.00 bits per heavy atom. The van der Waals surface area contributed by atoms with E-state index in [0.29, 0.717) is 13.0 Å². The van der Waals surface area contributed by atoms with Crippen molar-refractivity contribution in [2.45, 2.75) is 25.1 Å². The summed E-state index contributed by atoms with van der Waals surface area (Å²) in [6.45, 7) is 0.634. The lowest BCUT2D eigenvalue weighted by Crippen LogP contribution is -2.50. The molecule has 1 aliphatic heterocycles. The standard InChI is InChI=1S/C9H16F3N3O/c10-9(11,12)2-6-1-7(13)4-15(3-6)5-8(14)16/h6-7H,1-5,13H2,(H2,14,16). The van der Waals surface area contributed by atoms with Crippen molar-refractivity contribution in [3.05, 3.63) is 0 Å². The summed E-state index contributed by atoms with van der Waals surface area (Å²) >= 11 is 0. The van der Waals surface area contributed by atoms with E-state index in [-0.39, 0.29) is 19.1 Å². The molecule has 0 aromatic rings. The molecule has 94 valence electrons. The fourth-order valence-electron chi connectivity index (χ4n) is 2.17. The number of nitrogens with two attached hydrogens (primary N) is 2. The first-order valence-electron chi connectivity index (χ1n) is 5.09. The summed E-state index contributed by atoms with van der Waals surface area (Å²) in [5, 5.41) is 0. The van der Waals surface area contributed by atoms with Crippen LogP contribution in [0.15, 0.2) is 0 Å². The number of amides is 1. The van der Waals surface area contributed by atoms with E-state index < -0.39 is 24.4 Å². The van der Waals surface area contributed by atoms with Crippen LogP contribution in [0, 0.1) is 5.92 Å². The van der Waals surface area contributed by atoms with Crippen LogP contribution in [0.2, 0.25) is 0 Å². The molecule has 1 fully saturated rings. The molecule has 1 rings (SSSR count). The average Bonchev–Trinajstić information content (AvgIpc) is 1.96. The molecule has 0 aromatic carbocycles. The Hall–Kier alpha value is -0.820. The van der Waals surface area contributed by atoms with Gasteiger partial charge in [0.25, 0.3) is 0 Å². The smallest absolute Gasteiger partial charge is 0.369 e. The SMILES string of the molecule is NC(=O)CN1CC(N)CC(CC(F)(F)F)C1. The van der Waals surface area contributed by atoms with Gasteiger partial charge in [0.05, 0.1) is 6.54 Å². The highest BCUT2D eigenvalue weighted by Gasteiger charge is 2.35. The van der Waals surface area contributed by atoms with Gasteiger partial charge in [-0.05, 0) is 12.3 Å². The monoisotopic (exact) mass is 239 g/mol. The predicted molar refractivity (Wildman–Crippen MR) is 52.4 cm³/mol. The molecule has 4 N–H and O–H groups in total. The number of hydrogen-bond acceptors (Lipinski definition) is 3. The van der Waals surface area contributed by atoms with Gasteiger partial charge in [0.2, 0.25) is 5.91 Å². The van der Waals surface area contributed by atoms with E-state index in [0.717, 1.165) is 0 Å². The third-order valence-electron chi connectivity index (χ3n) is 2.54. The van der Waals surface area contributed by atoms with E-state index in [1.807, 2.05) is 0 Å². The summed E-state index contributed by atoms with van der Waals surface area (Å²) in [5.41, 5.74) is 10.6. The second-order valence-corrected chi connectivity index (χ2v) is 4.34. The Morgan fingerprint density at radius 3 is 2.50 bits per heavy atom. The van der Waals surface area contributed by atoms with Gasteiger partial charge in [-0.15, -0.1) is 0 Å². The zero-order valence-corrected chi connectivity index (χ0v) is 8.83. The van der Waals surface area contributed by atoms with Crippen molar-refractivity contribution in [1.29, 1.82) is 0 Å². The van der Waals surface area contributed by atoms with Gasteiger partial charge >= 0.3 is 6.18 Å². The van der Waals surface area contributed by atoms with Crippen molar-refractivity contribution in [3.63, 3.8) is 0 Å². The van der Waals surface area contributed by atoms with Crippen LogP contribution < -0.4 is 11.5 Å². The van der Waals surface area contributed by atoms with Crippen LogP contribution in [-0.4, -0.2) is 42.7 Å². The van der Waals surface area contributed by atoms with E-state index in [1.54, 1.807) is 4.90 Å². The van der Waals surface area contributed by atoms with E-state index in [9.17, 15) is 18.0 Å². The molecule has 0 radical (unpaired) electrons. The Kier molecular flexibility index (Phi) is 4.15. The van der Waals surface area contributed by atoms with Crippen LogP contribution in [-0.2, 0) is 4.79 Å². The molecule has 0 aromatic heterocycles. The molecular formula is C9H16F3N3O. The number of rotatable bonds is 3. The molecule has 1 aliphatic rings. The Balaban J connectivity index is 2.50. The quantitative estimate of drug-likeness (QED) is 0.732. The second-order valence-electron chi connectivity index (χ2n) is 4.34. The molecule has 4 nitrogen and oxygen atoms in total. The fraction of sp³-hybridized carbons (Fsp3) is 0.889. The van der Waals surface area contributed by atoms with Gasteiger partial charge < -0.3 is 11.5 Å². The number of alkyl halides is 3. The maximum atomic E-state index is 12.2. The zero-order valence-electron chi connectivity index (χ0n) is 8.83. The Labute approximate surface area is 91.8 Å². The summed E-state index contributed by atoms with van der Waals surface area (Å²) in [5.74, 6) is -1.08. The topological polar surface area (TPSA) is 72.4 Å². The van der Waals surface area contributed by atoms with Gasteiger partial charge in [-0.3, -0.25) is 9.69 Å². The molecule has 0 saturated carbocycles. The normalized spacial score (nSPS) is 28.0. The average molecular weight is 239 g/mol. The molecule has 2 atom stereocenters. The van der Waals surface area contributed by atoms with Gasteiger partial charge in [0.15, 0.2) is 0 Å². The lowest BCUT2D eigenvalue weighted by atomic mass is 9.91. The van der Waals surface area contributed by atoms with Crippen LogP contribution in [0.3, 0.4) is 0 Å². The minimum absolute atomic E-state index is 0.0257. The van der Waals surface area contributed by atoms with Crippen molar-refractivity contribution in [2.24, 2.45) is 17.4 Å². The number of carbonyl (C=O) groups excluding carboxylic acids is 1. The first kappa shape index (κ1) is 13.2. The summed E-state index contributed by atoms with van der Waals surface area (Å²) in [4.78, 5) is 12.3. The van der Waals surface area contributed by atoms with Crippen LogP contribution in [0.4, 0.5) is 13.2 Å². The van der Waals surface area contributed by atoms with Gasteiger partial charge in [-0.25, -0.2) is 0 Å². The summed E-state index contributed by atoms with van der Waals surface area (Å²) < 4.78 is 36.6. The molecule has 7 heteroatoms. The number of carbonyl (C=O) groups is 1. The van der Waals surface area contributed by atoms with E-state index in [4.69, 9.17) is 11.5 Å². The number of primary amides is 1. The maximum Gasteiger partial charge on any atom is 0.389 e. The lowest BCUT2D eigenvalue weighted by Gasteiger charge is -2.35. The molecule has 0 aliphatic carbocycles. The predicted octanol–water partition coefficient (Wildman–Crippen LogP) is 0.0733. The van der Waals surface area contributed by atoms with Crippen molar-refractivity contribution in [1.82, 2.24) is 4.90 Å². The highest BCUT2D eigenvalue weighted by molar-refractivity contribution is 5.75. The molecule has 1 heterocycles. The minimum atomic E-state index is -4.18. The van der Waals surface area contributed by atoms with Gasteiger partial charge in [-0.1, -0.05) is 0 Å². The van der Waals surface area contributed by atoms with Gasteiger partial charge in [0.1, 0.15) is 0 Å². The highest BCUT2D eigenvalue weighted by atomic mass is 19.4. The van der Waals surface area contributed by atoms with Crippen molar-refractivity contribution < 1.29 is 18.0 Å². The third kappa shape index (κ3) is 4.80. The highest BCUT2D eigenvalue weighted by Crippen LogP contribution is 2.29. The number of piperidine rings is 1.